The number of nitrogens with one attached hydrogen (secondary N) is 1. The molecule has 3 unspecified atom stereocenters. The van der Waals surface area contributed by atoms with Crippen molar-refractivity contribution in [2.75, 3.05) is 26.7 Å². The number of aliphatic hydroxyl groups is 1. The molecule has 2 rings (SSSR count). The van der Waals surface area contributed by atoms with Crippen LogP contribution in [-0.4, -0.2) is 48.3 Å². The molecule has 3 heteroatoms. The second kappa shape index (κ2) is 4.63. The standard InChI is InChI=1S/C13H26N2O/c1-10-6-11(2)15(7-10)8-13(9-16,14-3)12-4-5-12/h10-12,14,16H,4-9H2,1-3H3. The maximum absolute atomic E-state index is 9.71. The molecule has 0 aromatic heterocycles. The Morgan fingerprint density at radius 1 is 1.38 bits per heavy atom. The summed E-state index contributed by atoms with van der Waals surface area (Å²) in [5, 5.41) is 13.1. The van der Waals surface area contributed by atoms with Crippen molar-refractivity contribution in [3.05, 3.63) is 0 Å². The van der Waals surface area contributed by atoms with Crippen LogP contribution in [-0.2, 0) is 0 Å². The Labute approximate surface area is 99.2 Å². The molecule has 3 atom stereocenters. The summed E-state index contributed by atoms with van der Waals surface area (Å²) >= 11 is 0. The first kappa shape index (κ1) is 12.3. The fourth-order valence-corrected chi connectivity index (χ4v) is 3.28. The highest BCUT2D eigenvalue weighted by molar-refractivity contribution is 5.03. The zero-order chi connectivity index (χ0) is 11.8. The van der Waals surface area contributed by atoms with E-state index in [9.17, 15) is 5.11 Å². The van der Waals surface area contributed by atoms with Gasteiger partial charge in [0.25, 0.3) is 0 Å². The lowest BCUT2D eigenvalue weighted by atomic mass is 9.93. The molecule has 16 heavy (non-hydrogen) atoms. The van der Waals surface area contributed by atoms with Crippen LogP contribution in [0.1, 0.15) is 33.1 Å². The molecule has 0 bridgehead atoms. The summed E-state index contributed by atoms with van der Waals surface area (Å²) in [4.78, 5) is 2.55. The summed E-state index contributed by atoms with van der Waals surface area (Å²) < 4.78 is 0. The van der Waals surface area contributed by atoms with Gasteiger partial charge in [-0.15, -0.1) is 0 Å². The summed E-state index contributed by atoms with van der Waals surface area (Å²) in [6.07, 6.45) is 3.86. The third-order valence-corrected chi connectivity index (χ3v) is 4.54. The fraction of sp³-hybridized carbons (Fsp3) is 1.00. The normalized spacial score (nSPS) is 35.2. The smallest absolute Gasteiger partial charge is 0.0628 e. The van der Waals surface area contributed by atoms with Crippen LogP contribution in [0.15, 0.2) is 0 Å². The Balaban J connectivity index is 2.00. The van der Waals surface area contributed by atoms with Gasteiger partial charge in [-0.1, -0.05) is 6.92 Å². The van der Waals surface area contributed by atoms with Crippen LogP contribution in [0.4, 0.5) is 0 Å². The maximum atomic E-state index is 9.71. The van der Waals surface area contributed by atoms with E-state index in [-0.39, 0.29) is 12.1 Å². The van der Waals surface area contributed by atoms with Crippen LogP contribution < -0.4 is 5.32 Å². The molecule has 2 aliphatic rings. The van der Waals surface area contributed by atoms with Gasteiger partial charge in [0.1, 0.15) is 0 Å². The monoisotopic (exact) mass is 226 g/mol. The van der Waals surface area contributed by atoms with Crippen LogP contribution in [0.25, 0.3) is 0 Å². The Kier molecular flexibility index (Phi) is 3.57. The van der Waals surface area contributed by atoms with Crippen LogP contribution >= 0.6 is 0 Å². The molecule has 3 nitrogen and oxygen atoms in total. The third-order valence-electron chi connectivity index (χ3n) is 4.54. The molecule has 0 amide bonds. The largest absolute Gasteiger partial charge is 0.394 e. The molecule has 1 aliphatic heterocycles. The van der Waals surface area contributed by atoms with Crippen LogP contribution in [0.3, 0.4) is 0 Å². The fourth-order valence-electron chi connectivity index (χ4n) is 3.28. The highest BCUT2D eigenvalue weighted by Crippen LogP contribution is 2.40. The third kappa shape index (κ3) is 2.27. The van der Waals surface area contributed by atoms with Gasteiger partial charge in [-0.05, 0) is 45.1 Å². The van der Waals surface area contributed by atoms with Gasteiger partial charge in [0.05, 0.1) is 12.1 Å². The van der Waals surface area contributed by atoms with E-state index in [4.69, 9.17) is 0 Å². The number of rotatable bonds is 5. The van der Waals surface area contributed by atoms with Crippen molar-refractivity contribution >= 4 is 0 Å². The zero-order valence-electron chi connectivity index (χ0n) is 10.9. The molecular formula is C13H26N2O. The van der Waals surface area contributed by atoms with Gasteiger partial charge in [0.15, 0.2) is 0 Å². The van der Waals surface area contributed by atoms with Gasteiger partial charge in [-0.3, -0.25) is 4.90 Å². The second-order valence-electron chi connectivity index (χ2n) is 5.96. The zero-order valence-corrected chi connectivity index (χ0v) is 10.9. The summed E-state index contributed by atoms with van der Waals surface area (Å²) in [5.41, 5.74) is -0.0433. The van der Waals surface area contributed by atoms with E-state index < -0.39 is 0 Å². The van der Waals surface area contributed by atoms with E-state index in [2.05, 4.69) is 24.1 Å². The SMILES string of the molecule is CNC(CO)(CN1CC(C)CC1C)C1CC1. The van der Waals surface area contributed by atoms with Gasteiger partial charge in [-0.2, -0.15) is 0 Å². The van der Waals surface area contributed by atoms with E-state index in [1.54, 1.807) is 0 Å². The molecule has 0 spiro atoms. The molecule has 0 radical (unpaired) electrons. The van der Waals surface area contributed by atoms with Gasteiger partial charge < -0.3 is 10.4 Å². The van der Waals surface area contributed by atoms with Crippen molar-refractivity contribution < 1.29 is 5.11 Å². The summed E-state index contributed by atoms with van der Waals surface area (Å²) in [7, 11) is 2.00. The van der Waals surface area contributed by atoms with Crippen molar-refractivity contribution in [2.45, 2.75) is 44.7 Å². The first-order chi connectivity index (χ1) is 7.61. The quantitative estimate of drug-likeness (QED) is 0.736. The van der Waals surface area contributed by atoms with Crippen molar-refractivity contribution in [3.63, 3.8) is 0 Å². The number of hydrogen-bond donors (Lipinski definition) is 2. The predicted octanol–water partition coefficient (Wildman–Crippen LogP) is 1.08. The van der Waals surface area contributed by atoms with Crippen molar-refractivity contribution in [2.24, 2.45) is 11.8 Å². The lowest BCUT2D eigenvalue weighted by Gasteiger charge is -2.37. The van der Waals surface area contributed by atoms with E-state index >= 15 is 0 Å². The second-order valence-corrected chi connectivity index (χ2v) is 5.96. The molecule has 1 aliphatic carbocycles. The molecule has 1 heterocycles. The minimum Gasteiger partial charge on any atom is -0.394 e. The average molecular weight is 226 g/mol. The van der Waals surface area contributed by atoms with Crippen molar-refractivity contribution in [1.29, 1.82) is 0 Å². The maximum Gasteiger partial charge on any atom is 0.0628 e. The van der Waals surface area contributed by atoms with Gasteiger partial charge in [0.2, 0.25) is 0 Å². The van der Waals surface area contributed by atoms with Gasteiger partial charge in [-0.25, -0.2) is 0 Å². The minimum absolute atomic E-state index is 0.0433. The average Bonchev–Trinajstić information content (AvgIpc) is 3.04. The number of hydrogen-bond acceptors (Lipinski definition) is 3. The van der Waals surface area contributed by atoms with Crippen LogP contribution in [0.5, 0.6) is 0 Å². The summed E-state index contributed by atoms with van der Waals surface area (Å²) in [5.74, 6) is 1.49. The first-order valence-corrected chi connectivity index (χ1v) is 6.65. The predicted molar refractivity (Wildman–Crippen MR) is 66.4 cm³/mol. The summed E-state index contributed by atoms with van der Waals surface area (Å²) in [6.45, 7) is 7.11. The molecule has 0 aromatic carbocycles. The minimum atomic E-state index is -0.0433. The number of likely N-dealkylation sites (N-methyl/N-ethyl adjacent to an activating group) is 1. The van der Waals surface area contributed by atoms with Crippen molar-refractivity contribution in [3.8, 4) is 0 Å². The molecule has 2 fully saturated rings. The highest BCUT2D eigenvalue weighted by atomic mass is 16.3. The Morgan fingerprint density at radius 3 is 2.44 bits per heavy atom. The molecule has 2 N–H and O–H groups in total. The molecule has 94 valence electrons. The Bertz CT molecular complexity index is 236. The lowest BCUT2D eigenvalue weighted by molar-refractivity contribution is 0.0930. The molecule has 1 saturated heterocycles. The number of aliphatic hydroxyl groups excluding tert-OH is 1. The molecule has 1 saturated carbocycles. The van der Waals surface area contributed by atoms with Gasteiger partial charge >= 0.3 is 0 Å². The lowest BCUT2D eigenvalue weighted by Crippen LogP contribution is -2.57. The Hall–Kier alpha value is -0.120. The highest BCUT2D eigenvalue weighted by Gasteiger charge is 2.46. The van der Waals surface area contributed by atoms with E-state index in [0.717, 1.165) is 12.5 Å². The summed E-state index contributed by atoms with van der Waals surface area (Å²) in [6, 6.07) is 0.674. The molecule has 0 aromatic rings. The van der Waals surface area contributed by atoms with Crippen LogP contribution in [0, 0.1) is 11.8 Å². The van der Waals surface area contributed by atoms with E-state index in [0.29, 0.717) is 12.0 Å². The van der Waals surface area contributed by atoms with E-state index in [1.807, 2.05) is 7.05 Å². The first-order valence-electron chi connectivity index (χ1n) is 6.65. The number of nitrogens with zero attached hydrogens (tertiary/aromatic N) is 1. The van der Waals surface area contributed by atoms with Crippen molar-refractivity contribution in [1.82, 2.24) is 10.2 Å². The number of likely N-dealkylation sites (tertiary alicyclic amines) is 1. The Morgan fingerprint density at radius 2 is 2.06 bits per heavy atom. The van der Waals surface area contributed by atoms with Crippen LogP contribution in [0.2, 0.25) is 0 Å². The molecular weight excluding hydrogens is 200 g/mol. The van der Waals surface area contributed by atoms with E-state index in [1.165, 1.54) is 25.8 Å². The van der Waals surface area contributed by atoms with Gasteiger partial charge in [0, 0.05) is 19.1 Å². The topological polar surface area (TPSA) is 35.5 Å².